The minimum Gasteiger partial charge on any atom is -0.481 e. The van der Waals surface area contributed by atoms with Crippen molar-refractivity contribution in [2.45, 2.75) is 31.7 Å². The second-order valence-corrected chi connectivity index (χ2v) is 4.31. The van der Waals surface area contributed by atoms with Crippen LogP contribution in [-0.2, 0) is 16.1 Å². The maximum absolute atomic E-state index is 11.5. The van der Waals surface area contributed by atoms with Gasteiger partial charge in [-0.1, -0.05) is 11.8 Å². The lowest BCUT2D eigenvalue weighted by atomic mass is 10.4. The van der Waals surface area contributed by atoms with Crippen molar-refractivity contribution in [2.24, 2.45) is 0 Å². The number of hydrogen-bond acceptors (Lipinski definition) is 5. The predicted molar refractivity (Wildman–Crippen MR) is 62.3 cm³/mol. The number of aromatic nitrogens is 3. The zero-order valence-electron chi connectivity index (χ0n) is 9.67. The fourth-order valence-corrected chi connectivity index (χ4v) is 1.97. The van der Waals surface area contributed by atoms with E-state index in [1.165, 1.54) is 4.57 Å². The fourth-order valence-electron chi connectivity index (χ4n) is 1.30. The molecule has 1 atom stereocenters. The molecule has 0 aromatic carbocycles. The van der Waals surface area contributed by atoms with E-state index in [9.17, 15) is 9.59 Å². The van der Waals surface area contributed by atoms with Crippen LogP contribution in [0.25, 0.3) is 0 Å². The summed E-state index contributed by atoms with van der Waals surface area (Å²) in [5.41, 5.74) is -0.357. The van der Waals surface area contributed by atoms with Crippen LogP contribution in [0.3, 0.4) is 0 Å². The number of rotatable bonds is 7. The van der Waals surface area contributed by atoms with Gasteiger partial charge in [-0.25, -0.2) is 9.89 Å². The van der Waals surface area contributed by atoms with Crippen molar-refractivity contribution in [3.63, 3.8) is 0 Å². The summed E-state index contributed by atoms with van der Waals surface area (Å²) in [4.78, 5) is 21.9. The van der Waals surface area contributed by atoms with Crippen molar-refractivity contribution < 1.29 is 14.6 Å². The Bertz CT molecular complexity index is 428. The molecule has 17 heavy (non-hydrogen) atoms. The number of nitrogens with one attached hydrogen (secondary N) is 1. The van der Waals surface area contributed by atoms with Crippen LogP contribution in [0.5, 0.6) is 0 Å². The highest BCUT2D eigenvalue weighted by molar-refractivity contribution is 7.99. The highest BCUT2D eigenvalue weighted by Gasteiger charge is 2.13. The highest BCUT2D eigenvalue weighted by atomic mass is 32.2. The molecule has 1 unspecified atom stereocenters. The number of carboxylic acids is 1. The molecule has 0 aliphatic rings. The Labute approximate surface area is 102 Å². The Kier molecular flexibility index (Phi) is 5.23. The van der Waals surface area contributed by atoms with Crippen LogP contribution in [-0.4, -0.2) is 44.3 Å². The Hall–Kier alpha value is -1.28. The summed E-state index contributed by atoms with van der Waals surface area (Å²) in [6.45, 7) is 4.62. The van der Waals surface area contributed by atoms with E-state index in [0.717, 1.165) is 11.8 Å². The third-order valence-corrected chi connectivity index (χ3v) is 2.90. The van der Waals surface area contributed by atoms with E-state index in [0.29, 0.717) is 18.3 Å². The second-order valence-electron chi connectivity index (χ2n) is 3.37. The van der Waals surface area contributed by atoms with Gasteiger partial charge in [0.05, 0.1) is 18.4 Å². The van der Waals surface area contributed by atoms with Crippen molar-refractivity contribution >= 4 is 17.7 Å². The van der Waals surface area contributed by atoms with E-state index >= 15 is 0 Å². The summed E-state index contributed by atoms with van der Waals surface area (Å²) in [7, 11) is 0. The Morgan fingerprint density at radius 3 is 3.00 bits per heavy atom. The van der Waals surface area contributed by atoms with Gasteiger partial charge in [-0.3, -0.25) is 9.36 Å². The predicted octanol–water partition coefficient (Wildman–Crippen LogP) is 0.173. The number of thioether (sulfide) groups is 1. The van der Waals surface area contributed by atoms with Crippen molar-refractivity contribution in [3.05, 3.63) is 10.5 Å². The van der Waals surface area contributed by atoms with Gasteiger partial charge in [-0.2, -0.15) is 0 Å². The van der Waals surface area contributed by atoms with Gasteiger partial charge in [0.25, 0.3) is 0 Å². The molecule has 0 spiro atoms. The summed E-state index contributed by atoms with van der Waals surface area (Å²) in [6, 6.07) is 0. The molecule has 1 heterocycles. The van der Waals surface area contributed by atoms with Gasteiger partial charge in [0.1, 0.15) is 0 Å². The lowest BCUT2D eigenvalue weighted by Crippen LogP contribution is -2.25. The number of nitrogens with zero attached hydrogens (tertiary/aromatic N) is 2. The number of carbonyl (C=O) groups is 1. The summed E-state index contributed by atoms with van der Waals surface area (Å²) in [5, 5.41) is 15.0. The molecule has 0 aliphatic heterocycles. The van der Waals surface area contributed by atoms with Crippen molar-refractivity contribution in [2.75, 3.05) is 12.4 Å². The number of hydrogen-bond donors (Lipinski definition) is 2. The molecule has 0 radical (unpaired) electrons. The first-order valence-electron chi connectivity index (χ1n) is 5.16. The summed E-state index contributed by atoms with van der Waals surface area (Å²) >= 11 is 1.00. The summed E-state index contributed by atoms with van der Waals surface area (Å²) in [6.07, 6.45) is -0.125. The van der Waals surface area contributed by atoms with Crippen molar-refractivity contribution in [3.8, 4) is 0 Å². The molecule has 0 bridgehead atoms. The zero-order chi connectivity index (χ0) is 12.8. The van der Waals surface area contributed by atoms with Gasteiger partial charge in [-0.15, -0.1) is 5.10 Å². The number of ether oxygens (including phenoxy) is 1. The lowest BCUT2D eigenvalue weighted by molar-refractivity contribution is -0.133. The van der Waals surface area contributed by atoms with Crippen LogP contribution < -0.4 is 5.69 Å². The van der Waals surface area contributed by atoms with E-state index in [-0.39, 0.29) is 17.5 Å². The molecule has 1 aromatic rings. The third-order valence-electron chi connectivity index (χ3n) is 1.94. The molecule has 2 N–H and O–H groups in total. The molecule has 7 nitrogen and oxygen atoms in total. The molecular formula is C9H15N3O4S. The molecule has 0 fully saturated rings. The van der Waals surface area contributed by atoms with E-state index in [1.807, 2.05) is 13.8 Å². The SMILES string of the molecule is CCOC(C)Cn1c(SCC(=O)O)n[nH]c1=O. The van der Waals surface area contributed by atoms with E-state index in [1.54, 1.807) is 0 Å². The van der Waals surface area contributed by atoms with Crippen LogP contribution in [0.1, 0.15) is 13.8 Å². The van der Waals surface area contributed by atoms with Crippen LogP contribution in [0.2, 0.25) is 0 Å². The standard InChI is InChI=1S/C9H15N3O4S/c1-3-16-6(2)4-12-8(15)10-11-9(12)17-5-7(13)14/h6H,3-5H2,1-2H3,(H,10,15)(H,13,14). The average Bonchev–Trinajstić information content (AvgIpc) is 2.58. The molecule has 1 aromatic heterocycles. The molecule has 0 saturated carbocycles. The summed E-state index contributed by atoms with van der Waals surface area (Å²) in [5.74, 6) is -1.08. The van der Waals surface area contributed by atoms with Gasteiger partial charge in [-0.05, 0) is 13.8 Å². The molecule has 96 valence electrons. The normalized spacial score (nSPS) is 12.6. The van der Waals surface area contributed by atoms with Gasteiger partial charge in [0.15, 0.2) is 5.16 Å². The number of carboxylic acid groups (broad SMARTS) is 1. The van der Waals surface area contributed by atoms with Crippen LogP contribution in [0.15, 0.2) is 9.95 Å². The third kappa shape index (κ3) is 4.23. The topological polar surface area (TPSA) is 97.2 Å². The highest BCUT2D eigenvalue weighted by Crippen LogP contribution is 2.13. The van der Waals surface area contributed by atoms with Crippen LogP contribution in [0, 0.1) is 0 Å². The van der Waals surface area contributed by atoms with Crippen molar-refractivity contribution in [1.29, 1.82) is 0 Å². The number of H-pyrrole nitrogens is 1. The minimum absolute atomic E-state index is 0.125. The van der Waals surface area contributed by atoms with Crippen molar-refractivity contribution in [1.82, 2.24) is 14.8 Å². The van der Waals surface area contributed by atoms with Gasteiger partial charge < -0.3 is 9.84 Å². The molecular weight excluding hydrogens is 246 g/mol. The molecule has 0 aliphatic carbocycles. The molecule has 0 saturated heterocycles. The quantitative estimate of drug-likeness (QED) is 0.679. The van der Waals surface area contributed by atoms with Crippen LogP contribution >= 0.6 is 11.8 Å². The van der Waals surface area contributed by atoms with E-state index in [2.05, 4.69) is 10.2 Å². The first kappa shape index (κ1) is 13.8. The maximum Gasteiger partial charge on any atom is 0.344 e. The monoisotopic (exact) mass is 261 g/mol. The van der Waals surface area contributed by atoms with E-state index < -0.39 is 5.97 Å². The lowest BCUT2D eigenvalue weighted by Gasteiger charge is -2.12. The minimum atomic E-state index is -0.949. The van der Waals surface area contributed by atoms with Gasteiger partial charge in [0.2, 0.25) is 0 Å². The second kappa shape index (κ2) is 6.45. The Morgan fingerprint density at radius 2 is 2.41 bits per heavy atom. The zero-order valence-corrected chi connectivity index (χ0v) is 10.5. The average molecular weight is 261 g/mol. The van der Waals surface area contributed by atoms with Gasteiger partial charge >= 0.3 is 11.7 Å². The maximum atomic E-state index is 11.5. The van der Waals surface area contributed by atoms with Crippen LogP contribution in [0.4, 0.5) is 0 Å². The molecule has 8 heteroatoms. The van der Waals surface area contributed by atoms with E-state index in [4.69, 9.17) is 9.84 Å². The Balaban J connectivity index is 2.72. The smallest absolute Gasteiger partial charge is 0.344 e. The number of aromatic amines is 1. The summed E-state index contributed by atoms with van der Waals surface area (Å²) < 4.78 is 6.71. The van der Waals surface area contributed by atoms with Gasteiger partial charge in [0, 0.05) is 6.61 Å². The first-order chi connectivity index (χ1) is 8.04. The molecule has 1 rings (SSSR count). The fraction of sp³-hybridized carbons (Fsp3) is 0.667. The first-order valence-corrected chi connectivity index (χ1v) is 6.14. The molecule has 0 amide bonds. The largest absolute Gasteiger partial charge is 0.481 e. The number of aliphatic carboxylic acids is 1. The Morgan fingerprint density at radius 1 is 1.71 bits per heavy atom.